The maximum Gasteiger partial charge on any atom is 0.242 e. The maximum absolute atomic E-state index is 12.8. The Morgan fingerprint density at radius 1 is 1.04 bits per heavy atom. The highest BCUT2D eigenvalue weighted by molar-refractivity contribution is 7.92. The van der Waals surface area contributed by atoms with Crippen LogP contribution in [-0.2, 0) is 21.2 Å². The lowest BCUT2D eigenvalue weighted by atomic mass is 10.1. The molecule has 140 valence electrons. The Hall–Kier alpha value is -2.61. The first-order chi connectivity index (χ1) is 12.2. The van der Waals surface area contributed by atoms with Gasteiger partial charge in [-0.05, 0) is 55.3 Å². The lowest BCUT2D eigenvalue weighted by Crippen LogP contribution is -2.38. The average Bonchev–Trinajstić information content (AvgIpc) is 2.57. The Morgan fingerprint density at radius 2 is 1.62 bits per heavy atom. The Kier molecular flexibility index (Phi) is 6.57. The Labute approximate surface area is 152 Å². The molecular weight excluding hydrogens is 357 g/mol. The largest absolute Gasteiger partial charge is 0.374 e. The number of rotatable bonds is 8. The van der Waals surface area contributed by atoms with Crippen molar-refractivity contribution in [3.05, 3.63) is 59.9 Å². The van der Waals surface area contributed by atoms with Gasteiger partial charge in [-0.3, -0.25) is 9.52 Å². The average molecular weight is 379 g/mol. The third kappa shape index (κ3) is 6.72. The van der Waals surface area contributed by atoms with Crippen LogP contribution in [0.15, 0.2) is 48.5 Å². The van der Waals surface area contributed by atoms with E-state index in [1.54, 1.807) is 43.3 Å². The second-order valence-corrected chi connectivity index (χ2v) is 7.73. The summed E-state index contributed by atoms with van der Waals surface area (Å²) in [5.74, 6) is -0.446. The zero-order chi connectivity index (χ0) is 19.2. The summed E-state index contributed by atoms with van der Waals surface area (Å²) in [7, 11) is -3.32. The topological polar surface area (TPSA) is 87.3 Å². The minimum absolute atomic E-state index is 0.162. The van der Waals surface area contributed by atoms with E-state index in [9.17, 15) is 17.6 Å². The Morgan fingerprint density at radius 3 is 2.19 bits per heavy atom. The van der Waals surface area contributed by atoms with Crippen molar-refractivity contribution in [1.82, 2.24) is 5.32 Å². The van der Waals surface area contributed by atoms with E-state index >= 15 is 0 Å². The molecule has 2 aromatic rings. The summed E-state index contributed by atoms with van der Waals surface area (Å²) < 4.78 is 37.6. The van der Waals surface area contributed by atoms with Crippen LogP contribution >= 0.6 is 0 Å². The van der Waals surface area contributed by atoms with E-state index in [2.05, 4.69) is 15.4 Å². The maximum atomic E-state index is 12.8. The second kappa shape index (κ2) is 8.66. The number of hydrogen-bond donors (Lipinski definition) is 3. The molecule has 0 aliphatic carbocycles. The van der Waals surface area contributed by atoms with Gasteiger partial charge in [-0.2, -0.15) is 0 Å². The lowest BCUT2D eigenvalue weighted by Gasteiger charge is -2.16. The van der Waals surface area contributed by atoms with E-state index in [1.807, 2.05) is 0 Å². The first-order valence-electron chi connectivity index (χ1n) is 8.09. The molecule has 1 atom stereocenters. The number of sulfonamides is 1. The van der Waals surface area contributed by atoms with Crippen molar-refractivity contribution in [2.45, 2.75) is 19.4 Å². The molecule has 26 heavy (non-hydrogen) atoms. The van der Waals surface area contributed by atoms with Crippen molar-refractivity contribution in [1.29, 1.82) is 0 Å². The Bertz CT molecular complexity index is 837. The predicted molar refractivity (Wildman–Crippen MR) is 101 cm³/mol. The van der Waals surface area contributed by atoms with Gasteiger partial charge in [0.25, 0.3) is 0 Å². The van der Waals surface area contributed by atoms with Crippen molar-refractivity contribution < 1.29 is 17.6 Å². The third-order valence-corrected chi connectivity index (χ3v) is 4.20. The number of carbonyl (C=O) groups excluding carboxylic acids is 1. The molecule has 0 heterocycles. The zero-order valence-electron chi connectivity index (χ0n) is 14.6. The first-order valence-corrected chi connectivity index (χ1v) is 9.98. The quantitative estimate of drug-likeness (QED) is 0.657. The molecule has 0 aliphatic rings. The fraction of sp³-hybridized carbons (Fsp3) is 0.278. The number of benzene rings is 2. The number of halogens is 1. The van der Waals surface area contributed by atoms with Crippen LogP contribution in [0.4, 0.5) is 15.8 Å². The van der Waals surface area contributed by atoms with E-state index in [0.29, 0.717) is 24.3 Å². The number of hydrogen-bond acceptors (Lipinski definition) is 4. The van der Waals surface area contributed by atoms with E-state index in [0.717, 1.165) is 11.8 Å². The van der Waals surface area contributed by atoms with Crippen LogP contribution in [0.3, 0.4) is 0 Å². The van der Waals surface area contributed by atoms with Crippen LogP contribution < -0.4 is 15.4 Å². The molecule has 0 radical (unpaired) electrons. The molecule has 0 bridgehead atoms. The molecule has 1 amide bonds. The molecule has 8 heteroatoms. The monoisotopic (exact) mass is 379 g/mol. The normalized spacial score (nSPS) is 12.3. The highest BCUT2D eigenvalue weighted by Crippen LogP contribution is 2.15. The highest BCUT2D eigenvalue weighted by Gasteiger charge is 2.12. The molecule has 0 fully saturated rings. The molecule has 0 unspecified atom stereocenters. The van der Waals surface area contributed by atoms with E-state index in [4.69, 9.17) is 0 Å². The van der Waals surface area contributed by atoms with Gasteiger partial charge in [0.1, 0.15) is 11.9 Å². The van der Waals surface area contributed by atoms with Crippen molar-refractivity contribution in [3.8, 4) is 0 Å². The van der Waals surface area contributed by atoms with Gasteiger partial charge in [-0.15, -0.1) is 0 Å². The number of nitrogens with one attached hydrogen (secondary N) is 3. The van der Waals surface area contributed by atoms with Crippen LogP contribution in [0, 0.1) is 5.82 Å². The van der Waals surface area contributed by atoms with Gasteiger partial charge in [-0.1, -0.05) is 12.1 Å². The summed E-state index contributed by atoms with van der Waals surface area (Å²) in [4.78, 5) is 12.1. The van der Waals surface area contributed by atoms with Gasteiger partial charge >= 0.3 is 0 Å². The summed E-state index contributed by atoms with van der Waals surface area (Å²) >= 11 is 0. The molecule has 0 aromatic heterocycles. The second-order valence-electron chi connectivity index (χ2n) is 5.99. The predicted octanol–water partition coefficient (Wildman–Crippen LogP) is 2.36. The van der Waals surface area contributed by atoms with Crippen molar-refractivity contribution in [2.75, 3.05) is 22.8 Å². The molecular formula is C18H22FN3O3S. The fourth-order valence-corrected chi connectivity index (χ4v) is 2.86. The standard InChI is InChI=1S/C18H22FN3O3S/c1-13(18(23)20-12-11-14-3-5-15(19)6-4-14)21-16-7-9-17(10-8-16)22-26(2,24)25/h3-10,13,21-22H,11-12H2,1-2H3,(H,20,23)/t13-/m0/s1. The minimum atomic E-state index is -3.32. The molecule has 3 N–H and O–H groups in total. The summed E-state index contributed by atoms with van der Waals surface area (Å²) in [6.45, 7) is 2.18. The van der Waals surface area contributed by atoms with Gasteiger partial charge in [0.15, 0.2) is 0 Å². The van der Waals surface area contributed by atoms with Crippen LogP contribution in [-0.4, -0.2) is 33.2 Å². The van der Waals surface area contributed by atoms with E-state index < -0.39 is 16.1 Å². The van der Waals surface area contributed by atoms with Gasteiger partial charge < -0.3 is 10.6 Å². The summed E-state index contributed by atoms with van der Waals surface area (Å²) in [6.07, 6.45) is 1.70. The molecule has 0 spiro atoms. The highest BCUT2D eigenvalue weighted by atomic mass is 32.2. The van der Waals surface area contributed by atoms with Crippen molar-refractivity contribution in [3.63, 3.8) is 0 Å². The van der Waals surface area contributed by atoms with Gasteiger partial charge in [0.2, 0.25) is 15.9 Å². The van der Waals surface area contributed by atoms with Gasteiger partial charge in [-0.25, -0.2) is 12.8 Å². The van der Waals surface area contributed by atoms with Crippen LogP contribution in [0.5, 0.6) is 0 Å². The van der Waals surface area contributed by atoms with Crippen molar-refractivity contribution in [2.24, 2.45) is 0 Å². The third-order valence-electron chi connectivity index (χ3n) is 3.59. The zero-order valence-corrected chi connectivity index (χ0v) is 15.4. The molecule has 0 saturated heterocycles. The van der Waals surface area contributed by atoms with Crippen LogP contribution in [0.25, 0.3) is 0 Å². The molecule has 6 nitrogen and oxygen atoms in total. The van der Waals surface area contributed by atoms with Crippen LogP contribution in [0.1, 0.15) is 12.5 Å². The van der Waals surface area contributed by atoms with Crippen LogP contribution in [0.2, 0.25) is 0 Å². The van der Waals surface area contributed by atoms with Crippen molar-refractivity contribution >= 4 is 27.3 Å². The number of anilines is 2. The lowest BCUT2D eigenvalue weighted by molar-refractivity contribution is -0.121. The minimum Gasteiger partial charge on any atom is -0.374 e. The van der Waals surface area contributed by atoms with Gasteiger partial charge in [0, 0.05) is 17.9 Å². The van der Waals surface area contributed by atoms with E-state index in [1.165, 1.54) is 12.1 Å². The Balaban J connectivity index is 1.80. The first kappa shape index (κ1) is 19.7. The summed E-state index contributed by atoms with van der Waals surface area (Å²) in [5, 5.41) is 5.87. The number of amides is 1. The summed E-state index contributed by atoms with van der Waals surface area (Å²) in [5.41, 5.74) is 2.10. The van der Waals surface area contributed by atoms with Gasteiger partial charge in [0.05, 0.1) is 6.26 Å². The smallest absolute Gasteiger partial charge is 0.242 e. The molecule has 0 saturated carbocycles. The van der Waals surface area contributed by atoms with E-state index in [-0.39, 0.29) is 11.7 Å². The SMILES string of the molecule is C[C@H](Nc1ccc(NS(C)(=O)=O)cc1)C(=O)NCCc1ccc(F)cc1. The fourth-order valence-electron chi connectivity index (χ4n) is 2.30. The molecule has 0 aliphatic heterocycles. The number of carbonyl (C=O) groups is 1. The molecule has 2 aromatic carbocycles. The summed E-state index contributed by atoms with van der Waals surface area (Å²) in [6, 6.07) is 12.3. The molecule has 2 rings (SSSR count).